The number of hydrogen-bond donors (Lipinski definition) is 0. The van der Waals surface area contributed by atoms with Crippen molar-refractivity contribution in [2.75, 3.05) is 46.2 Å². The molecule has 0 saturated carbocycles. The van der Waals surface area contributed by atoms with E-state index in [-0.39, 0.29) is 19.0 Å². The van der Waals surface area contributed by atoms with Crippen LogP contribution >= 0.6 is 0 Å². The molecule has 2 heterocycles. The lowest BCUT2D eigenvalue weighted by atomic mass is 10.0. The van der Waals surface area contributed by atoms with E-state index in [1.165, 1.54) is 4.31 Å². The normalized spacial score (nSPS) is 19.6. The second kappa shape index (κ2) is 8.14. The van der Waals surface area contributed by atoms with Gasteiger partial charge in [-0.2, -0.15) is 4.31 Å². The molecule has 1 aromatic carbocycles. The molecule has 150 valence electrons. The predicted molar refractivity (Wildman–Crippen MR) is 98.7 cm³/mol. The first-order chi connectivity index (χ1) is 12.8. The molecule has 0 atom stereocenters. The molecule has 1 spiro atoms. The summed E-state index contributed by atoms with van der Waals surface area (Å²) in [6, 6.07) is 7.12. The summed E-state index contributed by atoms with van der Waals surface area (Å²) >= 11 is 0. The standard InChI is InChI=1S/C18H26N2O6S/c1-24-16-5-3-15(4-6-16)13-20(27(2,22)23)14-17(21)19-9-7-18(8-10-19)25-11-12-26-18/h3-6H,7-14H2,1-2H3. The fraction of sp³-hybridized carbons (Fsp3) is 0.611. The third-order valence-corrected chi connectivity index (χ3v) is 6.19. The molecule has 0 aromatic heterocycles. The van der Waals surface area contributed by atoms with Crippen LogP contribution in [0.5, 0.6) is 5.75 Å². The Bertz CT molecular complexity index is 749. The average molecular weight is 398 g/mol. The van der Waals surface area contributed by atoms with Crippen LogP contribution in [-0.4, -0.2) is 75.5 Å². The Kier molecular flexibility index (Phi) is 6.05. The number of piperidine rings is 1. The number of carbonyl (C=O) groups excluding carboxylic acids is 1. The van der Waals surface area contributed by atoms with Gasteiger partial charge in [-0.3, -0.25) is 4.79 Å². The minimum absolute atomic E-state index is 0.137. The largest absolute Gasteiger partial charge is 0.497 e. The molecule has 1 amide bonds. The van der Waals surface area contributed by atoms with Crippen LogP contribution < -0.4 is 4.74 Å². The van der Waals surface area contributed by atoms with Crippen molar-refractivity contribution >= 4 is 15.9 Å². The van der Waals surface area contributed by atoms with Crippen molar-refractivity contribution in [3.8, 4) is 5.75 Å². The zero-order chi connectivity index (χ0) is 19.5. The highest BCUT2D eigenvalue weighted by Gasteiger charge is 2.41. The van der Waals surface area contributed by atoms with Crippen LogP contribution in [0.2, 0.25) is 0 Å². The average Bonchev–Trinajstić information content (AvgIpc) is 3.09. The molecule has 9 heteroatoms. The molecule has 0 unspecified atom stereocenters. The summed E-state index contributed by atoms with van der Waals surface area (Å²) < 4.78 is 42.0. The van der Waals surface area contributed by atoms with E-state index in [4.69, 9.17) is 14.2 Å². The first kappa shape index (κ1) is 20.1. The van der Waals surface area contributed by atoms with Gasteiger partial charge in [-0.1, -0.05) is 12.1 Å². The van der Waals surface area contributed by atoms with Gasteiger partial charge in [0.15, 0.2) is 5.79 Å². The summed E-state index contributed by atoms with van der Waals surface area (Å²) in [5, 5.41) is 0. The summed E-state index contributed by atoms with van der Waals surface area (Å²) in [7, 11) is -1.96. The second-order valence-electron chi connectivity index (χ2n) is 6.87. The maximum Gasteiger partial charge on any atom is 0.237 e. The smallest absolute Gasteiger partial charge is 0.237 e. The monoisotopic (exact) mass is 398 g/mol. The van der Waals surface area contributed by atoms with E-state index in [1.54, 1.807) is 36.3 Å². The molecule has 8 nitrogen and oxygen atoms in total. The minimum atomic E-state index is -3.53. The van der Waals surface area contributed by atoms with Crippen LogP contribution in [0.25, 0.3) is 0 Å². The summed E-state index contributed by atoms with van der Waals surface area (Å²) in [5.41, 5.74) is 0.791. The number of methoxy groups -OCH3 is 1. The Morgan fingerprint density at radius 1 is 1.19 bits per heavy atom. The Labute approximate surface area is 160 Å². The number of rotatable bonds is 6. The maximum absolute atomic E-state index is 12.7. The van der Waals surface area contributed by atoms with Gasteiger partial charge >= 0.3 is 0 Å². The molecule has 0 bridgehead atoms. The molecule has 2 aliphatic rings. The fourth-order valence-electron chi connectivity index (χ4n) is 3.36. The van der Waals surface area contributed by atoms with Crippen molar-refractivity contribution in [2.45, 2.75) is 25.2 Å². The van der Waals surface area contributed by atoms with E-state index >= 15 is 0 Å². The molecular formula is C18H26N2O6S. The first-order valence-electron chi connectivity index (χ1n) is 8.95. The topological polar surface area (TPSA) is 85.4 Å². The number of hydrogen-bond acceptors (Lipinski definition) is 6. The van der Waals surface area contributed by atoms with Crippen molar-refractivity contribution in [2.24, 2.45) is 0 Å². The fourth-order valence-corrected chi connectivity index (χ4v) is 4.09. The number of carbonyl (C=O) groups is 1. The van der Waals surface area contributed by atoms with Gasteiger partial charge in [0.05, 0.1) is 33.1 Å². The number of ether oxygens (including phenoxy) is 3. The third kappa shape index (κ3) is 4.98. The maximum atomic E-state index is 12.7. The number of amides is 1. The highest BCUT2D eigenvalue weighted by atomic mass is 32.2. The van der Waals surface area contributed by atoms with Gasteiger partial charge in [0, 0.05) is 32.5 Å². The van der Waals surface area contributed by atoms with Crippen LogP contribution in [0.3, 0.4) is 0 Å². The molecule has 2 aliphatic heterocycles. The molecule has 0 radical (unpaired) electrons. The molecule has 0 N–H and O–H groups in total. The molecular weight excluding hydrogens is 372 g/mol. The molecule has 2 fully saturated rings. The third-order valence-electron chi connectivity index (χ3n) is 4.99. The van der Waals surface area contributed by atoms with Crippen molar-refractivity contribution in [1.82, 2.24) is 9.21 Å². The zero-order valence-corrected chi connectivity index (χ0v) is 16.5. The van der Waals surface area contributed by atoms with Gasteiger partial charge in [0.2, 0.25) is 15.9 Å². The van der Waals surface area contributed by atoms with Crippen LogP contribution in [0.15, 0.2) is 24.3 Å². The molecule has 2 saturated heterocycles. The van der Waals surface area contributed by atoms with Crippen LogP contribution in [0, 0.1) is 0 Å². The van der Waals surface area contributed by atoms with E-state index in [0.717, 1.165) is 11.8 Å². The van der Waals surface area contributed by atoms with E-state index in [0.29, 0.717) is 44.9 Å². The van der Waals surface area contributed by atoms with Gasteiger partial charge in [0.25, 0.3) is 0 Å². The summed E-state index contributed by atoms with van der Waals surface area (Å²) in [6.07, 6.45) is 2.33. The quantitative estimate of drug-likeness (QED) is 0.705. The van der Waals surface area contributed by atoms with Crippen LogP contribution in [-0.2, 0) is 30.8 Å². The highest BCUT2D eigenvalue weighted by Crippen LogP contribution is 2.31. The van der Waals surface area contributed by atoms with E-state index in [1.807, 2.05) is 0 Å². The second-order valence-corrected chi connectivity index (χ2v) is 8.85. The van der Waals surface area contributed by atoms with Crippen LogP contribution in [0.1, 0.15) is 18.4 Å². The van der Waals surface area contributed by atoms with Crippen LogP contribution in [0.4, 0.5) is 0 Å². The van der Waals surface area contributed by atoms with Gasteiger partial charge in [-0.05, 0) is 17.7 Å². The lowest BCUT2D eigenvalue weighted by Gasteiger charge is -2.38. The molecule has 1 aromatic rings. The van der Waals surface area contributed by atoms with Crippen molar-refractivity contribution in [3.05, 3.63) is 29.8 Å². The number of likely N-dealkylation sites (tertiary alicyclic amines) is 1. The number of sulfonamides is 1. The van der Waals surface area contributed by atoms with E-state index in [2.05, 4.69) is 0 Å². The van der Waals surface area contributed by atoms with E-state index < -0.39 is 15.8 Å². The Balaban J connectivity index is 1.61. The lowest BCUT2D eigenvalue weighted by molar-refractivity contribution is -0.187. The highest BCUT2D eigenvalue weighted by molar-refractivity contribution is 7.88. The lowest BCUT2D eigenvalue weighted by Crippen LogP contribution is -2.50. The summed E-state index contributed by atoms with van der Waals surface area (Å²) in [5.74, 6) is -0.0720. The van der Waals surface area contributed by atoms with Gasteiger partial charge in [-0.15, -0.1) is 0 Å². The Morgan fingerprint density at radius 2 is 1.78 bits per heavy atom. The molecule has 3 rings (SSSR count). The SMILES string of the molecule is COc1ccc(CN(CC(=O)N2CCC3(CC2)OCCO3)S(C)(=O)=O)cc1. The first-order valence-corrected chi connectivity index (χ1v) is 10.8. The van der Waals surface area contributed by atoms with Gasteiger partial charge in [0.1, 0.15) is 5.75 Å². The minimum Gasteiger partial charge on any atom is -0.497 e. The Hall–Kier alpha value is -1.68. The van der Waals surface area contributed by atoms with Crippen molar-refractivity contribution in [3.63, 3.8) is 0 Å². The number of benzene rings is 1. The Morgan fingerprint density at radius 3 is 2.30 bits per heavy atom. The van der Waals surface area contributed by atoms with Crippen molar-refractivity contribution in [1.29, 1.82) is 0 Å². The molecule has 27 heavy (non-hydrogen) atoms. The zero-order valence-electron chi connectivity index (χ0n) is 15.7. The number of nitrogens with zero attached hydrogens (tertiary/aromatic N) is 2. The molecule has 0 aliphatic carbocycles. The summed E-state index contributed by atoms with van der Waals surface area (Å²) in [4.78, 5) is 14.4. The van der Waals surface area contributed by atoms with Gasteiger partial charge in [-0.25, -0.2) is 8.42 Å². The summed E-state index contributed by atoms with van der Waals surface area (Å²) in [6.45, 7) is 2.12. The van der Waals surface area contributed by atoms with Crippen molar-refractivity contribution < 1.29 is 27.4 Å². The predicted octanol–water partition coefficient (Wildman–Crippen LogP) is 0.822. The van der Waals surface area contributed by atoms with E-state index in [9.17, 15) is 13.2 Å². The van der Waals surface area contributed by atoms with Gasteiger partial charge < -0.3 is 19.1 Å².